The molecule has 6 nitrogen and oxygen atoms in total. The number of rotatable bonds is 9. The standard InChI is InChI=1S/C25H23F3INO5S2/c1-20-12-14-24(15-13-20)36(31,32)30-19-17-22(21-8-4-2-5-9-21)16-18-29(23-10-6-3-7-11-23)35-37(33,34)25(26,27)28/h2-15,22,30H,17,19H2,1H3. The monoisotopic (exact) mass is 665 g/mol. The van der Waals surface area contributed by atoms with Crippen LogP contribution in [0.4, 0.5) is 13.2 Å². The van der Waals surface area contributed by atoms with Crippen LogP contribution in [-0.2, 0) is 22.7 Å². The van der Waals surface area contributed by atoms with Crippen LogP contribution in [0.3, 0.4) is 0 Å². The van der Waals surface area contributed by atoms with Gasteiger partial charge in [0.15, 0.2) is 0 Å². The van der Waals surface area contributed by atoms with E-state index in [0.29, 0.717) is 5.56 Å². The topological polar surface area (TPSA) is 89.5 Å². The summed E-state index contributed by atoms with van der Waals surface area (Å²) in [5.41, 5.74) is -3.97. The van der Waals surface area contributed by atoms with Crippen LogP contribution in [0.2, 0.25) is 0 Å². The van der Waals surface area contributed by atoms with Crippen LogP contribution < -0.4 is 4.72 Å². The van der Waals surface area contributed by atoms with Gasteiger partial charge in [0.05, 0.1) is 0 Å². The predicted octanol–water partition coefficient (Wildman–Crippen LogP) is 5.57. The van der Waals surface area contributed by atoms with E-state index in [1.807, 2.05) is 6.92 Å². The van der Waals surface area contributed by atoms with Crippen LogP contribution >= 0.6 is 20.2 Å². The van der Waals surface area contributed by atoms with Gasteiger partial charge in [-0.2, -0.15) is 0 Å². The van der Waals surface area contributed by atoms with Crippen molar-refractivity contribution in [3.63, 3.8) is 0 Å². The second-order valence-corrected chi connectivity index (χ2v) is 15.3. The first-order valence-electron chi connectivity index (χ1n) is 10.8. The van der Waals surface area contributed by atoms with E-state index in [2.05, 4.69) is 17.1 Å². The Morgan fingerprint density at radius 3 is 2.03 bits per heavy atom. The van der Waals surface area contributed by atoms with Gasteiger partial charge in [0, 0.05) is 0 Å². The summed E-state index contributed by atoms with van der Waals surface area (Å²) < 4.78 is 97.9. The molecule has 3 rings (SSSR count). The van der Waals surface area contributed by atoms with Gasteiger partial charge < -0.3 is 0 Å². The number of halogens is 4. The Bertz CT molecular complexity index is 1450. The zero-order valence-electron chi connectivity index (χ0n) is 19.4. The Hall–Kier alpha value is -2.44. The molecule has 0 aliphatic heterocycles. The van der Waals surface area contributed by atoms with Gasteiger partial charge in [0.25, 0.3) is 0 Å². The fourth-order valence-corrected chi connectivity index (χ4v) is 9.37. The zero-order valence-corrected chi connectivity index (χ0v) is 23.2. The quantitative estimate of drug-likeness (QED) is 0.184. The Morgan fingerprint density at radius 2 is 1.46 bits per heavy atom. The normalized spacial score (nSPS) is 13.4. The molecule has 0 bridgehead atoms. The number of nitrogens with one attached hydrogen (secondary N) is 1. The molecule has 1 unspecified atom stereocenters. The maximum absolute atomic E-state index is 13.0. The molecule has 1 atom stereocenters. The summed E-state index contributed by atoms with van der Waals surface area (Å²) >= 11 is -3.64. The second-order valence-electron chi connectivity index (χ2n) is 7.71. The van der Waals surface area contributed by atoms with Crippen molar-refractivity contribution in [2.24, 2.45) is 0 Å². The van der Waals surface area contributed by atoms with E-state index in [1.165, 1.54) is 24.3 Å². The van der Waals surface area contributed by atoms with E-state index in [-0.39, 0.29) is 21.4 Å². The van der Waals surface area contributed by atoms with Crippen LogP contribution in [0, 0.1) is 20.3 Å². The summed E-state index contributed by atoms with van der Waals surface area (Å²) in [5, 5.41) is 0. The minimum atomic E-state index is -5.85. The van der Waals surface area contributed by atoms with Crippen molar-refractivity contribution in [2.45, 2.75) is 29.7 Å². The molecule has 0 aromatic heterocycles. The van der Waals surface area contributed by atoms with Crippen molar-refractivity contribution in [3.05, 3.63) is 99.6 Å². The third-order valence-electron chi connectivity index (χ3n) is 4.93. The summed E-state index contributed by atoms with van der Waals surface area (Å²) in [6.45, 7) is 1.83. The van der Waals surface area contributed by atoms with Crippen LogP contribution in [0.5, 0.6) is 0 Å². The van der Waals surface area contributed by atoms with Crippen LogP contribution in [0.15, 0.2) is 89.8 Å². The van der Waals surface area contributed by atoms with Gasteiger partial charge in [0.1, 0.15) is 0 Å². The summed E-state index contributed by atoms with van der Waals surface area (Å²) in [7, 11) is -9.64. The molecule has 12 heteroatoms. The molecule has 3 aromatic rings. The van der Waals surface area contributed by atoms with Gasteiger partial charge in [-0.1, -0.05) is 0 Å². The Kier molecular flexibility index (Phi) is 9.76. The Balaban J connectivity index is 1.87. The van der Waals surface area contributed by atoms with Crippen LogP contribution in [0.25, 0.3) is 0 Å². The first kappa shape index (κ1) is 29.1. The fraction of sp³-hybridized carbons (Fsp3) is 0.200. The summed E-state index contributed by atoms with van der Waals surface area (Å²) in [6.07, 6.45) is 0.187. The molecular formula is C25H23F3INO5S2. The molecule has 0 saturated carbocycles. The Labute approximate surface area is 222 Å². The number of hydrogen-bond donors (Lipinski definition) is 1. The number of aryl methyl sites for hydroxylation is 1. The SMILES string of the molecule is Cc1ccc(S(=O)(=O)NCCC(C#CI(OS(=O)(=O)C(F)(F)F)c2ccccc2)c2ccccc2)cc1. The van der Waals surface area contributed by atoms with Gasteiger partial charge in [0.2, 0.25) is 0 Å². The average Bonchev–Trinajstić information content (AvgIpc) is 2.86. The van der Waals surface area contributed by atoms with E-state index in [0.717, 1.165) is 5.56 Å². The van der Waals surface area contributed by atoms with Crippen molar-refractivity contribution < 1.29 is 32.5 Å². The van der Waals surface area contributed by atoms with Gasteiger partial charge in [-0.3, -0.25) is 0 Å². The van der Waals surface area contributed by atoms with Crippen LogP contribution in [-0.4, -0.2) is 28.9 Å². The van der Waals surface area contributed by atoms with Crippen molar-refractivity contribution in [1.82, 2.24) is 4.72 Å². The molecule has 0 saturated heterocycles. The zero-order chi connectivity index (χ0) is 27.1. The van der Waals surface area contributed by atoms with Crippen LogP contribution in [0.1, 0.15) is 23.5 Å². The van der Waals surface area contributed by atoms with Gasteiger partial charge in [-0.25, -0.2) is 0 Å². The second kappa shape index (κ2) is 12.4. The van der Waals surface area contributed by atoms with Crippen molar-refractivity contribution in [3.8, 4) is 9.85 Å². The third kappa shape index (κ3) is 8.27. The first-order chi connectivity index (χ1) is 17.4. The summed E-state index contributed by atoms with van der Waals surface area (Å²) in [5.74, 6) is 2.28. The molecule has 0 spiro atoms. The molecule has 37 heavy (non-hydrogen) atoms. The van der Waals surface area contributed by atoms with Crippen molar-refractivity contribution >= 4 is 40.4 Å². The van der Waals surface area contributed by atoms with E-state index < -0.39 is 51.8 Å². The Morgan fingerprint density at radius 1 is 0.892 bits per heavy atom. The average molecular weight is 665 g/mol. The molecule has 198 valence electrons. The summed E-state index contributed by atoms with van der Waals surface area (Å²) in [6, 6.07) is 22.8. The van der Waals surface area contributed by atoms with E-state index in [9.17, 15) is 30.0 Å². The molecular weight excluding hydrogens is 642 g/mol. The predicted molar refractivity (Wildman–Crippen MR) is 143 cm³/mol. The fourth-order valence-electron chi connectivity index (χ4n) is 3.02. The van der Waals surface area contributed by atoms with Gasteiger partial charge >= 0.3 is 223 Å². The number of benzene rings is 3. The number of hydrogen-bond acceptors (Lipinski definition) is 5. The molecule has 1 N–H and O–H groups in total. The third-order valence-corrected chi connectivity index (χ3v) is 12.4. The molecule has 0 fully saturated rings. The van der Waals surface area contributed by atoms with Gasteiger partial charge in [-0.15, -0.1) is 0 Å². The minimum absolute atomic E-state index is 0.00823. The van der Waals surface area contributed by atoms with E-state index in [1.54, 1.807) is 60.7 Å². The van der Waals surface area contributed by atoms with E-state index >= 15 is 0 Å². The van der Waals surface area contributed by atoms with E-state index in [4.69, 9.17) is 0 Å². The van der Waals surface area contributed by atoms with Crippen molar-refractivity contribution in [1.29, 1.82) is 0 Å². The molecule has 3 aromatic carbocycles. The van der Waals surface area contributed by atoms with Gasteiger partial charge in [-0.05, 0) is 0 Å². The molecule has 0 aliphatic rings. The first-order valence-corrected chi connectivity index (χ1v) is 16.7. The molecule has 0 heterocycles. The summed E-state index contributed by atoms with van der Waals surface area (Å²) in [4.78, 5) is 0.101. The maximum atomic E-state index is 13.0. The molecule has 0 aliphatic carbocycles. The number of alkyl halides is 3. The number of sulfonamides is 1. The molecule has 0 radical (unpaired) electrons. The molecule has 0 amide bonds. The van der Waals surface area contributed by atoms with Crippen molar-refractivity contribution in [2.75, 3.05) is 6.54 Å².